The van der Waals surface area contributed by atoms with Gasteiger partial charge in [0.2, 0.25) is 5.91 Å². The lowest BCUT2D eigenvalue weighted by Crippen LogP contribution is -2.39. The predicted molar refractivity (Wildman–Crippen MR) is 102 cm³/mol. The van der Waals surface area contributed by atoms with Crippen LogP contribution < -0.4 is 10.1 Å². The second-order valence-electron chi connectivity index (χ2n) is 7.65. The van der Waals surface area contributed by atoms with Gasteiger partial charge in [0.25, 0.3) is 0 Å². The Bertz CT molecular complexity index is 915. The lowest BCUT2D eigenvalue weighted by Gasteiger charge is -2.19. The Kier molecular flexibility index (Phi) is 4.12. The van der Waals surface area contributed by atoms with E-state index in [1.807, 2.05) is 6.07 Å². The SMILES string of the molecule is O=C(NC[C@@H]1Cc2cc(-c3cncnc3)cc(Cl)c2O1)[C@H]1C[C@@H]2C=C[C@H]1C2. The van der Waals surface area contributed by atoms with Gasteiger partial charge in [-0.05, 0) is 42.4 Å². The molecule has 0 saturated heterocycles. The number of aromatic nitrogens is 2. The number of hydrogen-bond donors (Lipinski definition) is 1. The van der Waals surface area contributed by atoms with E-state index in [9.17, 15) is 4.79 Å². The molecule has 3 aliphatic rings. The molecule has 2 bridgehead atoms. The number of rotatable bonds is 4. The van der Waals surface area contributed by atoms with Crippen molar-refractivity contribution in [1.29, 1.82) is 0 Å². The van der Waals surface area contributed by atoms with Crippen molar-refractivity contribution < 1.29 is 9.53 Å². The molecular weight excluding hydrogens is 362 g/mol. The number of hydrogen-bond acceptors (Lipinski definition) is 4. The largest absolute Gasteiger partial charge is 0.486 e. The number of carbonyl (C=O) groups excluding carboxylic acids is 1. The van der Waals surface area contributed by atoms with E-state index in [0.717, 1.165) is 41.7 Å². The van der Waals surface area contributed by atoms with Gasteiger partial charge in [-0.1, -0.05) is 23.8 Å². The topological polar surface area (TPSA) is 64.1 Å². The number of halogens is 1. The molecule has 1 aromatic heterocycles. The second-order valence-corrected chi connectivity index (χ2v) is 8.06. The third kappa shape index (κ3) is 3.10. The van der Waals surface area contributed by atoms with Gasteiger partial charge in [0, 0.05) is 35.9 Å². The van der Waals surface area contributed by atoms with E-state index in [-0.39, 0.29) is 17.9 Å². The minimum absolute atomic E-state index is 0.0853. The summed E-state index contributed by atoms with van der Waals surface area (Å²) in [5.74, 6) is 2.01. The molecule has 1 aliphatic heterocycles. The summed E-state index contributed by atoms with van der Waals surface area (Å²) in [5.41, 5.74) is 2.95. The van der Waals surface area contributed by atoms with Gasteiger partial charge >= 0.3 is 0 Å². The molecule has 1 amide bonds. The molecule has 138 valence electrons. The van der Waals surface area contributed by atoms with Crippen LogP contribution in [0.2, 0.25) is 5.02 Å². The molecule has 27 heavy (non-hydrogen) atoms. The first-order valence-electron chi connectivity index (χ1n) is 9.38. The molecule has 1 N–H and O–H groups in total. The van der Waals surface area contributed by atoms with Crippen molar-refractivity contribution in [2.75, 3.05) is 6.54 Å². The van der Waals surface area contributed by atoms with Crippen molar-refractivity contribution in [1.82, 2.24) is 15.3 Å². The average Bonchev–Trinajstić information content (AvgIpc) is 3.42. The summed E-state index contributed by atoms with van der Waals surface area (Å²) in [6.07, 6.45) is 12.2. The third-order valence-electron chi connectivity index (χ3n) is 5.87. The van der Waals surface area contributed by atoms with E-state index in [1.165, 1.54) is 6.33 Å². The van der Waals surface area contributed by atoms with Gasteiger partial charge in [-0.15, -0.1) is 0 Å². The zero-order valence-corrected chi connectivity index (χ0v) is 15.5. The number of amides is 1. The van der Waals surface area contributed by atoms with Gasteiger partial charge in [0.1, 0.15) is 18.2 Å². The van der Waals surface area contributed by atoms with Crippen LogP contribution in [-0.2, 0) is 11.2 Å². The van der Waals surface area contributed by atoms with E-state index < -0.39 is 0 Å². The first-order chi connectivity index (χ1) is 13.2. The summed E-state index contributed by atoms with van der Waals surface area (Å²) in [6.45, 7) is 0.505. The normalized spacial score (nSPS) is 27.4. The monoisotopic (exact) mass is 381 g/mol. The van der Waals surface area contributed by atoms with Crippen molar-refractivity contribution in [3.63, 3.8) is 0 Å². The number of nitrogens with zero attached hydrogens (tertiary/aromatic N) is 2. The van der Waals surface area contributed by atoms with Crippen LogP contribution in [0.25, 0.3) is 11.1 Å². The first kappa shape index (κ1) is 16.8. The van der Waals surface area contributed by atoms with Crippen LogP contribution in [0, 0.1) is 17.8 Å². The lowest BCUT2D eigenvalue weighted by molar-refractivity contribution is -0.126. The quantitative estimate of drug-likeness (QED) is 0.824. The van der Waals surface area contributed by atoms with Crippen molar-refractivity contribution in [2.24, 2.45) is 17.8 Å². The Hall–Kier alpha value is -2.40. The maximum absolute atomic E-state index is 12.5. The van der Waals surface area contributed by atoms with E-state index in [4.69, 9.17) is 16.3 Å². The van der Waals surface area contributed by atoms with E-state index >= 15 is 0 Å². The van der Waals surface area contributed by atoms with Gasteiger partial charge < -0.3 is 10.1 Å². The Morgan fingerprint density at radius 3 is 2.78 bits per heavy atom. The smallest absolute Gasteiger partial charge is 0.223 e. The number of fused-ring (bicyclic) bond motifs is 3. The Balaban J connectivity index is 1.25. The highest BCUT2D eigenvalue weighted by Crippen LogP contribution is 2.43. The molecule has 0 radical (unpaired) electrons. The predicted octanol–water partition coefficient (Wildman–Crippen LogP) is 3.43. The molecule has 1 saturated carbocycles. The highest BCUT2D eigenvalue weighted by molar-refractivity contribution is 6.32. The molecule has 4 atom stereocenters. The van der Waals surface area contributed by atoms with Crippen LogP contribution in [-0.4, -0.2) is 28.5 Å². The number of nitrogens with one attached hydrogen (secondary N) is 1. The molecule has 2 aliphatic carbocycles. The fraction of sp³-hybridized carbons (Fsp3) is 0.381. The van der Waals surface area contributed by atoms with E-state index in [1.54, 1.807) is 12.4 Å². The molecule has 1 aromatic carbocycles. The maximum atomic E-state index is 12.5. The molecular formula is C21H20ClN3O2. The summed E-state index contributed by atoms with van der Waals surface area (Å²) in [5, 5.41) is 3.67. The van der Waals surface area contributed by atoms with Crippen LogP contribution in [0.15, 0.2) is 43.0 Å². The average molecular weight is 382 g/mol. The zero-order chi connectivity index (χ0) is 18.4. The van der Waals surface area contributed by atoms with Crippen molar-refractivity contribution in [3.05, 3.63) is 53.6 Å². The van der Waals surface area contributed by atoms with E-state index in [0.29, 0.717) is 23.4 Å². The second kappa shape index (κ2) is 6.64. The van der Waals surface area contributed by atoms with Crippen molar-refractivity contribution >= 4 is 17.5 Å². The van der Waals surface area contributed by atoms with Crippen LogP contribution in [0.3, 0.4) is 0 Å². The molecule has 0 unspecified atom stereocenters. The van der Waals surface area contributed by atoms with Gasteiger partial charge in [-0.25, -0.2) is 9.97 Å². The Morgan fingerprint density at radius 2 is 2.04 bits per heavy atom. The summed E-state index contributed by atoms with van der Waals surface area (Å²) in [6, 6.07) is 3.95. The number of ether oxygens (including phenoxy) is 1. The van der Waals surface area contributed by atoms with Gasteiger partial charge in [-0.2, -0.15) is 0 Å². The van der Waals surface area contributed by atoms with E-state index in [2.05, 4.69) is 33.5 Å². The number of carbonyl (C=O) groups is 1. The number of benzene rings is 1. The van der Waals surface area contributed by atoms with Crippen LogP contribution >= 0.6 is 11.6 Å². The highest BCUT2D eigenvalue weighted by atomic mass is 35.5. The minimum Gasteiger partial charge on any atom is -0.486 e. The molecule has 5 nitrogen and oxygen atoms in total. The molecule has 0 spiro atoms. The summed E-state index contributed by atoms with van der Waals surface area (Å²) < 4.78 is 6.01. The van der Waals surface area contributed by atoms with Crippen molar-refractivity contribution in [3.8, 4) is 16.9 Å². The molecule has 6 heteroatoms. The summed E-state index contributed by atoms with van der Waals surface area (Å²) in [4.78, 5) is 20.7. The number of allylic oxidation sites excluding steroid dienone is 2. The van der Waals surface area contributed by atoms with Gasteiger partial charge in [0.05, 0.1) is 11.6 Å². The zero-order valence-electron chi connectivity index (χ0n) is 14.8. The lowest BCUT2D eigenvalue weighted by atomic mass is 9.93. The third-order valence-corrected chi connectivity index (χ3v) is 6.15. The Labute approximate surface area is 162 Å². The minimum atomic E-state index is -0.0853. The Morgan fingerprint density at radius 1 is 1.19 bits per heavy atom. The first-order valence-corrected chi connectivity index (χ1v) is 9.75. The van der Waals surface area contributed by atoms with Crippen LogP contribution in [0.4, 0.5) is 0 Å². The summed E-state index contributed by atoms with van der Waals surface area (Å²) >= 11 is 6.44. The molecule has 2 heterocycles. The molecule has 2 aromatic rings. The highest BCUT2D eigenvalue weighted by Gasteiger charge is 2.40. The molecule has 1 fully saturated rings. The van der Waals surface area contributed by atoms with Gasteiger partial charge in [0.15, 0.2) is 0 Å². The standard InChI is InChI=1S/C21H20ClN3O2/c22-19-7-14(16-8-23-11-24-9-16)5-15-6-17(27-20(15)19)10-25-21(26)18-4-12-1-2-13(18)3-12/h1-2,5,7-9,11-13,17-18H,3-4,6,10H2,(H,25,26)/t12-,13+,17+,18+/m1/s1. The summed E-state index contributed by atoms with van der Waals surface area (Å²) in [7, 11) is 0. The van der Waals surface area contributed by atoms with Crippen LogP contribution in [0.5, 0.6) is 5.75 Å². The maximum Gasteiger partial charge on any atom is 0.223 e. The fourth-order valence-electron chi connectivity index (χ4n) is 4.54. The van der Waals surface area contributed by atoms with Gasteiger partial charge in [-0.3, -0.25) is 4.79 Å². The van der Waals surface area contributed by atoms with Crippen molar-refractivity contribution in [2.45, 2.75) is 25.4 Å². The fourth-order valence-corrected chi connectivity index (χ4v) is 4.83. The van der Waals surface area contributed by atoms with Crippen LogP contribution in [0.1, 0.15) is 18.4 Å². The molecule has 5 rings (SSSR count).